The number of amides is 2. The van der Waals surface area contributed by atoms with Crippen LogP contribution < -0.4 is 9.62 Å². The van der Waals surface area contributed by atoms with E-state index in [0.717, 1.165) is 53.4 Å². The highest BCUT2D eigenvalue weighted by Gasteiger charge is 2.33. The van der Waals surface area contributed by atoms with Gasteiger partial charge in [-0.1, -0.05) is 55.7 Å². The number of sulfonamides is 1. The quantitative estimate of drug-likeness (QED) is 0.535. The molecule has 1 fully saturated rings. The molecule has 0 heterocycles. The molecule has 1 atom stereocenters. The number of hydrogen-bond acceptors (Lipinski definition) is 4. The molecule has 1 aliphatic carbocycles. The number of halogens is 1. The van der Waals surface area contributed by atoms with Gasteiger partial charge in [0.1, 0.15) is 18.4 Å². The highest BCUT2D eigenvalue weighted by molar-refractivity contribution is 7.92. The average Bonchev–Trinajstić information content (AvgIpc) is 3.29. The van der Waals surface area contributed by atoms with E-state index in [1.165, 1.54) is 23.1 Å². The summed E-state index contributed by atoms with van der Waals surface area (Å²) in [6.45, 7) is 3.38. The summed E-state index contributed by atoms with van der Waals surface area (Å²) in [5, 5.41) is 3.07. The first-order valence-electron chi connectivity index (χ1n) is 12.0. The van der Waals surface area contributed by atoms with Crippen molar-refractivity contribution in [3.8, 4) is 0 Å². The summed E-state index contributed by atoms with van der Waals surface area (Å²) in [5.74, 6) is -1.38. The molecule has 0 bridgehead atoms. The van der Waals surface area contributed by atoms with Crippen molar-refractivity contribution in [2.24, 2.45) is 0 Å². The second kappa shape index (κ2) is 11.7. The normalized spacial score (nSPS) is 15.0. The Balaban J connectivity index is 1.92. The van der Waals surface area contributed by atoms with Crippen LogP contribution in [-0.4, -0.2) is 50.0 Å². The van der Waals surface area contributed by atoms with Crippen molar-refractivity contribution in [1.82, 2.24) is 10.2 Å². The molecule has 1 saturated carbocycles. The van der Waals surface area contributed by atoms with Crippen LogP contribution in [0.2, 0.25) is 0 Å². The van der Waals surface area contributed by atoms with Gasteiger partial charge in [0, 0.05) is 12.6 Å². The Morgan fingerprint density at radius 2 is 1.80 bits per heavy atom. The molecule has 0 saturated heterocycles. The number of nitrogens with one attached hydrogen (secondary N) is 1. The summed E-state index contributed by atoms with van der Waals surface area (Å²) in [5.41, 5.74) is 1.90. The van der Waals surface area contributed by atoms with Gasteiger partial charge >= 0.3 is 0 Å². The molecule has 35 heavy (non-hydrogen) atoms. The lowest BCUT2D eigenvalue weighted by Gasteiger charge is -2.33. The molecule has 2 amide bonds. The second-order valence-corrected chi connectivity index (χ2v) is 11.1. The lowest BCUT2D eigenvalue weighted by molar-refractivity contribution is -0.140. The van der Waals surface area contributed by atoms with Crippen LogP contribution in [0.25, 0.3) is 0 Å². The van der Waals surface area contributed by atoms with Gasteiger partial charge in [-0.15, -0.1) is 0 Å². The van der Waals surface area contributed by atoms with Crippen molar-refractivity contribution in [1.29, 1.82) is 0 Å². The Bertz CT molecular complexity index is 1150. The van der Waals surface area contributed by atoms with Crippen molar-refractivity contribution >= 4 is 27.5 Å². The molecule has 7 nitrogen and oxygen atoms in total. The molecule has 2 aromatic rings. The molecular weight excluding hydrogens is 469 g/mol. The highest BCUT2D eigenvalue weighted by atomic mass is 32.2. The van der Waals surface area contributed by atoms with Crippen molar-refractivity contribution < 1.29 is 22.4 Å². The van der Waals surface area contributed by atoms with Crippen LogP contribution in [0.4, 0.5) is 10.1 Å². The summed E-state index contributed by atoms with van der Waals surface area (Å²) >= 11 is 0. The molecule has 3 rings (SSSR count). The van der Waals surface area contributed by atoms with Crippen molar-refractivity contribution in [2.75, 3.05) is 17.1 Å². The molecule has 0 unspecified atom stereocenters. The Labute approximate surface area is 207 Å². The Kier molecular flexibility index (Phi) is 8.88. The number of nitrogens with zero attached hydrogens (tertiary/aromatic N) is 2. The van der Waals surface area contributed by atoms with E-state index in [1.807, 2.05) is 38.1 Å². The Morgan fingerprint density at radius 1 is 1.11 bits per heavy atom. The molecular formula is C26H34FN3O4S. The number of carbonyl (C=O) groups is 2. The fourth-order valence-electron chi connectivity index (χ4n) is 4.54. The predicted octanol–water partition coefficient (Wildman–Crippen LogP) is 3.77. The third-order valence-electron chi connectivity index (χ3n) is 6.30. The van der Waals surface area contributed by atoms with Gasteiger partial charge in [-0.05, 0) is 49.9 Å². The maximum atomic E-state index is 13.8. The summed E-state index contributed by atoms with van der Waals surface area (Å²) < 4.78 is 39.9. The summed E-state index contributed by atoms with van der Waals surface area (Å²) in [4.78, 5) is 28.3. The number of carbonyl (C=O) groups excluding carboxylic acids is 2. The van der Waals surface area contributed by atoms with Gasteiger partial charge in [0.2, 0.25) is 21.8 Å². The predicted molar refractivity (Wildman–Crippen MR) is 135 cm³/mol. The smallest absolute Gasteiger partial charge is 0.244 e. The first kappa shape index (κ1) is 26.7. The van der Waals surface area contributed by atoms with Gasteiger partial charge in [-0.3, -0.25) is 13.9 Å². The number of hydrogen-bond donors (Lipinski definition) is 1. The Morgan fingerprint density at radius 3 is 2.40 bits per heavy atom. The van der Waals surface area contributed by atoms with Crippen LogP contribution in [0.1, 0.15) is 50.2 Å². The van der Waals surface area contributed by atoms with E-state index in [4.69, 9.17) is 0 Å². The number of rotatable bonds is 10. The third kappa shape index (κ3) is 7.27. The van der Waals surface area contributed by atoms with Gasteiger partial charge in [0.05, 0.1) is 11.9 Å². The minimum Gasteiger partial charge on any atom is -0.352 e. The van der Waals surface area contributed by atoms with Gasteiger partial charge in [-0.2, -0.15) is 0 Å². The van der Waals surface area contributed by atoms with Gasteiger partial charge in [0.25, 0.3) is 0 Å². The SMILES string of the molecule is CC[C@@H](C(=O)NC1CCCC1)N(Cc1cccc(C)c1)C(=O)CN(c1cccc(F)c1)S(C)(=O)=O. The minimum atomic E-state index is -3.90. The van der Waals surface area contributed by atoms with Gasteiger partial charge in [-0.25, -0.2) is 12.8 Å². The zero-order valence-electron chi connectivity index (χ0n) is 20.5. The zero-order chi connectivity index (χ0) is 25.6. The largest absolute Gasteiger partial charge is 0.352 e. The second-order valence-electron chi connectivity index (χ2n) is 9.17. The standard InChI is InChI=1S/C26H34FN3O4S/c1-4-24(26(32)28-22-12-5-6-13-22)29(17-20-10-7-9-19(2)15-20)25(31)18-30(35(3,33)34)23-14-8-11-21(27)16-23/h7-11,14-16,22,24H,4-6,12-13,17-18H2,1-3H3,(H,28,32)/t24-/m0/s1. The zero-order valence-corrected chi connectivity index (χ0v) is 21.4. The van der Waals surface area contributed by atoms with Crippen LogP contribution in [0.15, 0.2) is 48.5 Å². The monoisotopic (exact) mass is 503 g/mol. The number of benzene rings is 2. The molecule has 0 radical (unpaired) electrons. The van der Waals surface area contributed by atoms with Crippen molar-refractivity contribution in [2.45, 2.75) is 64.6 Å². The molecule has 1 N–H and O–H groups in total. The third-order valence-corrected chi connectivity index (χ3v) is 7.44. The van der Waals surface area contributed by atoms with Crippen LogP contribution >= 0.6 is 0 Å². The van der Waals surface area contributed by atoms with Gasteiger partial charge < -0.3 is 10.2 Å². The first-order valence-corrected chi connectivity index (χ1v) is 13.8. The molecule has 0 spiro atoms. The highest BCUT2D eigenvalue weighted by Crippen LogP contribution is 2.22. The lowest BCUT2D eigenvalue weighted by Crippen LogP contribution is -2.53. The summed E-state index contributed by atoms with van der Waals surface area (Å²) in [6.07, 6.45) is 5.29. The van der Waals surface area contributed by atoms with E-state index in [2.05, 4.69) is 5.32 Å². The van der Waals surface area contributed by atoms with E-state index in [0.29, 0.717) is 6.42 Å². The van der Waals surface area contributed by atoms with E-state index in [-0.39, 0.29) is 24.2 Å². The minimum absolute atomic E-state index is 0.0554. The van der Waals surface area contributed by atoms with Crippen LogP contribution in [0.3, 0.4) is 0 Å². The molecule has 0 aliphatic heterocycles. The van der Waals surface area contributed by atoms with Crippen LogP contribution in [0.5, 0.6) is 0 Å². The maximum absolute atomic E-state index is 13.8. The average molecular weight is 504 g/mol. The van der Waals surface area contributed by atoms with E-state index >= 15 is 0 Å². The Hall–Kier alpha value is -2.94. The first-order chi connectivity index (χ1) is 16.6. The van der Waals surface area contributed by atoms with E-state index < -0.39 is 34.3 Å². The molecule has 190 valence electrons. The summed E-state index contributed by atoms with van der Waals surface area (Å²) in [6, 6.07) is 12.0. The molecule has 0 aromatic heterocycles. The molecule has 1 aliphatic rings. The topological polar surface area (TPSA) is 86.8 Å². The summed E-state index contributed by atoms with van der Waals surface area (Å²) in [7, 11) is -3.90. The fourth-order valence-corrected chi connectivity index (χ4v) is 5.38. The molecule has 2 aromatic carbocycles. The maximum Gasteiger partial charge on any atom is 0.244 e. The van der Waals surface area contributed by atoms with Crippen LogP contribution in [-0.2, 0) is 26.2 Å². The van der Waals surface area contributed by atoms with Crippen molar-refractivity contribution in [3.05, 3.63) is 65.5 Å². The van der Waals surface area contributed by atoms with E-state index in [9.17, 15) is 22.4 Å². The van der Waals surface area contributed by atoms with Crippen molar-refractivity contribution in [3.63, 3.8) is 0 Å². The van der Waals surface area contributed by atoms with Crippen LogP contribution in [0, 0.1) is 12.7 Å². The van der Waals surface area contributed by atoms with E-state index in [1.54, 1.807) is 0 Å². The molecule has 9 heteroatoms. The van der Waals surface area contributed by atoms with Gasteiger partial charge in [0.15, 0.2) is 0 Å². The lowest BCUT2D eigenvalue weighted by atomic mass is 10.1. The fraction of sp³-hybridized carbons (Fsp3) is 0.462. The number of aryl methyl sites for hydroxylation is 1. The number of anilines is 1.